The van der Waals surface area contributed by atoms with Crippen LogP contribution in [-0.2, 0) is 0 Å². The Kier molecular flexibility index (Phi) is 3.70. The van der Waals surface area contributed by atoms with Gasteiger partial charge >= 0.3 is 0 Å². The van der Waals surface area contributed by atoms with Gasteiger partial charge in [-0.25, -0.2) is 0 Å². The summed E-state index contributed by atoms with van der Waals surface area (Å²) in [6.07, 6.45) is 1.24. The number of carbonyl (C=O) groups is 1. The lowest BCUT2D eigenvalue weighted by molar-refractivity contribution is 0.0950. The average Bonchev–Trinajstić information content (AvgIpc) is 2.95. The molecule has 0 radical (unpaired) electrons. The summed E-state index contributed by atoms with van der Waals surface area (Å²) in [5.41, 5.74) is 0.683. The van der Waals surface area contributed by atoms with Gasteiger partial charge in [0.2, 0.25) is 0 Å². The lowest BCUT2D eigenvalue weighted by Crippen LogP contribution is -2.26. The standard InChI is InChI=1S/C12H13Br2NO/c1-7-4-8(7)6-15-12(16)10-5-9(13)2-3-11(10)14/h2-3,5,7-8H,4,6H2,1H3,(H,15,16). The van der Waals surface area contributed by atoms with Crippen molar-refractivity contribution in [2.45, 2.75) is 13.3 Å². The van der Waals surface area contributed by atoms with Gasteiger partial charge < -0.3 is 5.32 Å². The molecule has 0 saturated heterocycles. The van der Waals surface area contributed by atoms with Crippen LogP contribution in [0.25, 0.3) is 0 Å². The van der Waals surface area contributed by atoms with Crippen LogP contribution in [0.3, 0.4) is 0 Å². The maximum Gasteiger partial charge on any atom is 0.252 e. The predicted octanol–water partition coefficient (Wildman–Crippen LogP) is 3.60. The Balaban J connectivity index is 1.99. The summed E-state index contributed by atoms with van der Waals surface area (Å²) in [6.45, 7) is 3.00. The average molecular weight is 347 g/mol. The van der Waals surface area contributed by atoms with E-state index in [-0.39, 0.29) is 5.91 Å². The molecule has 1 aliphatic rings. The molecule has 1 fully saturated rings. The highest BCUT2D eigenvalue weighted by molar-refractivity contribution is 9.11. The molecule has 2 atom stereocenters. The van der Waals surface area contributed by atoms with E-state index in [1.54, 1.807) is 0 Å². The molecule has 1 aromatic carbocycles. The van der Waals surface area contributed by atoms with Gasteiger partial charge in [-0.1, -0.05) is 22.9 Å². The topological polar surface area (TPSA) is 29.1 Å². The van der Waals surface area contributed by atoms with Crippen LogP contribution in [0, 0.1) is 11.8 Å². The summed E-state index contributed by atoms with van der Waals surface area (Å²) in [4.78, 5) is 11.9. The first-order valence-corrected chi connectivity index (χ1v) is 6.90. The van der Waals surface area contributed by atoms with Crippen LogP contribution in [0.1, 0.15) is 23.7 Å². The number of rotatable bonds is 3. The van der Waals surface area contributed by atoms with Gasteiger partial charge in [-0.3, -0.25) is 4.79 Å². The first-order valence-electron chi connectivity index (χ1n) is 5.31. The first kappa shape index (κ1) is 12.1. The maximum absolute atomic E-state index is 11.9. The highest BCUT2D eigenvalue weighted by atomic mass is 79.9. The predicted molar refractivity (Wildman–Crippen MR) is 71.4 cm³/mol. The van der Waals surface area contributed by atoms with Gasteiger partial charge in [0.05, 0.1) is 5.56 Å². The van der Waals surface area contributed by atoms with Gasteiger partial charge in [-0.2, -0.15) is 0 Å². The number of hydrogen-bond acceptors (Lipinski definition) is 1. The third-order valence-electron chi connectivity index (χ3n) is 2.97. The van der Waals surface area contributed by atoms with Crippen molar-refractivity contribution >= 4 is 37.8 Å². The van der Waals surface area contributed by atoms with Gasteiger partial charge in [-0.05, 0) is 52.4 Å². The fraction of sp³-hybridized carbons (Fsp3) is 0.417. The molecule has 0 aliphatic heterocycles. The molecule has 2 unspecified atom stereocenters. The second kappa shape index (κ2) is 4.88. The van der Waals surface area contributed by atoms with Crippen LogP contribution >= 0.6 is 31.9 Å². The zero-order valence-corrected chi connectivity index (χ0v) is 12.1. The van der Waals surface area contributed by atoms with Crippen molar-refractivity contribution in [3.05, 3.63) is 32.7 Å². The number of hydrogen-bond donors (Lipinski definition) is 1. The summed E-state index contributed by atoms with van der Waals surface area (Å²) in [7, 11) is 0. The molecule has 1 aliphatic carbocycles. The molecular weight excluding hydrogens is 334 g/mol. The zero-order chi connectivity index (χ0) is 11.7. The Labute approximate surface area is 112 Å². The Morgan fingerprint density at radius 1 is 1.50 bits per heavy atom. The molecular formula is C12H13Br2NO. The van der Waals surface area contributed by atoms with Crippen LogP contribution in [-0.4, -0.2) is 12.5 Å². The molecule has 4 heteroatoms. The van der Waals surface area contributed by atoms with E-state index < -0.39 is 0 Å². The van der Waals surface area contributed by atoms with Gasteiger partial charge in [0, 0.05) is 15.5 Å². The van der Waals surface area contributed by atoms with Crippen LogP contribution < -0.4 is 5.32 Å². The van der Waals surface area contributed by atoms with E-state index in [0.29, 0.717) is 11.5 Å². The summed E-state index contributed by atoms with van der Waals surface area (Å²) < 4.78 is 1.75. The van der Waals surface area contributed by atoms with Crippen LogP contribution in [0.5, 0.6) is 0 Å². The number of halogens is 2. The maximum atomic E-state index is 11.9. The summed E-state index contributed by atoms with van der Waals surface area (Å²) in [5, 5.41) is 2.97. The van der Waals surface area contributed by atoms with Crippen molar-refractivity contribution in [1.82, 2.24) is 5.32 Å². The molecule has 1 saturated carbocycles. The van der Waals surface area contributed by atoms with E-state index in [0.717, 1.165) is 21.4 Å². The van der Waals surface area contributed by atoms with E-state index in [2.05, 4.69) is 44.1 Å². The van der Waals surface area contributed by atoms with Crippen LogP contribution in [0.4, 0.5) is 0 Å². The summed E-state index contributed by atoms with van der Waals surface area (Å²) in [5.74, 6) is 1.44. The van der Waals surface area contributed by atoms with E-state index in [9.17, 15) is 4.79 Å². The number of carbonyl (C=O) groups excluding carboxylic acids is 1. The van der Waals surface area contributed by atoms with Crippen LogP contribution in [0.2, 0.25) is 0 Å². The zero-order valence-electron chi connectivity index (χ0n) is 8.97. The van der Waals surface area contributed by atoms with Crippen molar-refractivity contribution in [2.24, 2.45) is 11.8 Å². The lowest BCUT2D eigenvalue weighted by Gasteiger charge is -2.06. The van der Waals surface area contributed by atoms with Gasteiger partial charge in [-0.15, -0.1) is 0 Å². The molecule has 1 amide bonds. The van der Waals surface area contributed by atoms with E-state index in [4.69, 9.17) is 0 Å². The number of benzene rings is 1. The second-order valence-electron chi connectivity index (χ2n) is 4.31. The summed E-state index contributed by atoms with van der Waals surface area (Å²) >= 11 is 6.75. The highest BCUT2D eigenvalue weighted by Gasteiger charge is 2.32. The molecule has 2 rings (SSSR count). The Hall–Kier alpha value is -0.350. The van der Waals surface area contributed by atoms with E-state index in [1.165, 1.54) is 6.42 Å². The van der Waals surface area contributed by atoms with Gasteiger partial charge in [0.25, 0.3) is 5.91 Å². The van der Waals surface area contributed by atoms with Crippen molar-refractivity contribution in [3.63, 3.8) is 0 Å². The largest absolute Gasteiger partial charge is 0.352 e. The smallest absolute Gasteiger partial charge is 0.252 e. The Morgan fingerprint density at radius 3 is 2.81 bits per heavy atom. The highest BCUT2D eigenvalue weighted by Crippen LogP contribution is 2.36. The van der Waals surface area contributed by atoms with E-state index in [1.807, 2.05) is 18.2 Å². The molecule has 0 spiro atoms. The molecule has 86 valence electrons. The summed E-state index contributed by atoms with van der Waals surface area (Å²) in [6, 6.07) is 5.61. The van der Waals surface area contributed by atoms with Gasteiger partial charge in [0.1, 0.15) is 0 Å². The molecule has 1 aromatic rings. The molecule has 0 bridgehead atoms. The third-order valence-corrected chi connectivity index (χ3v) is 4.16. The lowest BCUT2D eigenvalue weighted by atomic mass is 10.2. The normalized spacial score (nSPS) is 22.9. The molecule has 2 nitrogen and oxygen atoms in total. The number of amides is 1. The minimum absolute atomic E-state index is 0.00715. The monoisotopic (exact) mass is 345 g/mol. The van der Waals surface area contributed by atoms with Crippen molar-refractivity contribution in [3.8, 4) is 0 Å². The van der Waals surface area contributed by atoms with Gasteiger partial charge in [0.15, 0.2) is 0 Å². The Morgan fingerprint density at radius 2 is 2.19 bits per heavy atom. The fourth-order valence-electron chi connectivity index (χ4n) is 1.67. The SMILES string of the molecule is CC1CC1CNC(=O)c1cc(Br)ccc1Br. The van der Waals surface area contributed by atoms with Crippen molar-refractivity contribution in [2.75, 3.05) is 6.54 Å². The Bertz CT molecular complexity index is 419. The minimum atomic E-state index is -0.00715. The van der Waals surface area contributed by atoms with Crippen molar-refractivity contribution < 1.29 is 4.79 Å². The minimum Gasteiger partial charge on any atom is -0.352 e. The van der Waals surface area contributed by atoms with Crippen molar-refractivity contribution in [1.29, 1.82) is 0 Å². The molecule has 0 heterocycles. The molecule has 0 aromatic heterocycles. The fourth-order valence-corrected chi connectivity index (χ4v) is 2.46. The number of nitrogens with one attached hydrogen (secondary N) is 1. The molecule has 1 N–H and O–H groups in total. The third kappa shape index (κ3) is 2.86. The first-order chi connectivity index (χ1) is 7.58. The van der Waals surface area contributed by atoms with Crippen LogP contribution in [0.15, 0.2) is 27.1 Å². The van der Waals surface area contributed by atoms with E-state index >= 15 is 0 Å². The quantitative estimate of drug-likeness (QED) is 0.890. The second-order valence-corrected chi connectivity index (χ2v) is 6.08. The molecule has 16 heavy (non-hydrogen) atoms.